The highest BCUT2D eigenvalue weighted by atomic mass is 31.2. The fraction of sp³-hybridized carbons (Fsp3) is 0.600. The summed E-state index contributed by atoms with van der Waals surface area (Å²) in [5.41, 5.74) is -0.787. The van der Waals surface area contributed by atoms with Crippen molar-refractivity contribution in [2.24, 2.45) is 0 Å². The molecule has 1 aliphatic rings. The lowest BCUT2D eigenvalue weighted by molar-refractivity contribution is -0.118. The summed E-state index contributed by atoms with van der Waals surface area (Å²) in [6, 6.07) is 2.56. The topological polar surface area (TPSA) is 95.3 Å². The Kier molecular flexibility index (Phi) is 5.22. The molecule has 0 radical (unpaired) electrons. The van der Waals surface area contributed by atoms with Gasteiger partial charge >= 0.3 is 13.7 Å². The third-order valence-electron chi connectivity index (χ3n) is 3.57. The van der Waals surface area contributed by atoms with E-state index in [2.05, 4.69) is 0 Å². The normalized spacial score (nSPS) is 22.0. The molecule has 0 aliphatic carbocycles. The molecule has 0 N–H and O–H groups in total. The second-order valence-electron chi connectivity index (χ2n) is 6.37. The SMILES string of the molecule is COP(=O)(OC)C1C(=O)CC(c2ccco2)N1C(=O)OC(C)(C)C. The Hall–Kier alpha value is -1.63. The number of amides is 1. The molecule has 24 heavy (non-hydrogen) atoms. The maximum atomic E-state index is 12.8. The number of nitrogens with zero attached hydrogens (tertiary/aromatic N) is 1. The Morgan fingerprint density at radius 1 is 1.33 bits per heavy atom. The van der Waals surface area contributed by atoms with Crippen molar-refractivity contribution in [2.75, 3.05) is 14.2 Å². The van der Waals surface area contributed by atoms with Crippen LogP contribution in [0.4, 0.5) is 4.79 Å². The largest absolute Gasteiger partial charge is 0.467 e. The van der Waals surface area contributed by atoms with Gasteiger partial charge in [0.2, 0.25) is 0 Å². The van der Waals surface area contributed by atoms with Crippen LogP contribution in [0.1, 0.15) is 39.0 Å². The van der Waals surface area contributed by atoms with Crippen LogP contribution in [0.2, 0.25) is 0 Å². The van der Waals surface area contributed by atoms with Crippen LogP contribution in [0.25, 0.3) is 0 Å². The van der Waals surface area contributed by atoms with E-state index in [1.807, 2.05) is 0 Å². The van der Waals surface area contributed by atoms with Gasteiger partial charge in [-0.05, 0) is 32.9 Å². The summed E-state index contributed by atoms with van der Waals surface area (Å²) in [5, 5.41) is 0. The number of likely N-dealkylation sites (tertiary alicyclic amines) is 1. The summed E-state index contributed by atoms with van der Waals surface area (Å²) < 4.78 is 33.4. The maximum absolute atomic E-state index is 12.8. The molecule has 0 bridgehead atoms. The zero-order valence-corrected chi connectivity index (χ0v) is 15.2. The van der Waals surface area contributed by atoms with Crippen LogP contribution in [-0.2, 0) is 23.1 Å². The second-order valence-corrected chi connectivity index (χ2v) is 8.67. The Bertz CT molecular complexity index is 641. The maximum Gasteiger partial charge on any atom is 0.412 e. The van der Waals surface area contributed by atoms with Crippen LogP contribution in [-0.4, -0.2) is 42.4 Å². The molecule has 0 aromatic carbocycles. The molecule has 134 valence electrons. The Morgan fingerprint density at radius 2 is 1.96 bits per heavy atom. The molecule has 8 nitrogen and oxygen atoms in total. The molecule has 1 aliphatic heterocycles. The minimum Gasteiger partial charge on any atom is -0.467 e. The third-order valence-corrected chi connectivity index (χ3v) is 5.72. The van der Waals surface area contributed by atoms with Gasteiger partial charge in [0.1, 0.15) is 17.4 Å². The molecule has 9 heteroatoms. The number of Topliss-reactive ketones (excluding diaryl/α,β-unsaturated/α-hetero) is 1. The van der Waals surface area contributed by atoms with E-state index in [1.54, 1.807) is 32.9 Å². The third kappa shape index (κ3) is 3.55. The van der Waals surface area contributed by atoms with E-state index in [-0.39, 0.29) is 6.42 Å². The molecule has 1 amide bonds. The lowest BCUT2D eigenvalue weighted by Crippen LogP contribution is -2.43. The molecule has 1 aromatic rings. The molecule has 1 fully saturated rings. The Labute approximate surface area is 140 Å². The monoisotopic (exact) mass is 359 g/mol. The zero-order chi connectivity index (χ0) is 18.1. The minimum atomic E-state index is -3.87. The average Bonchev–Trinajstić information content (AvgIpc) is 3.12. The van der Waals surface area contributed by atoms with E-state index < -0.39 is 36.9 Å². The standard InChI is InChI=1S/C15H22NO7P/c1-15(2,3)23-14(18)16-10(12-7-6-8-22-12)9-11(17)13(16)24(19,20-4)21-5/h6-8,10,13H,9H2,1-5H3. The number of carbonyl (C=O) groups excluding carboxylic acids is 2. The average molecular weight is 359 g/mol. The van der Waals surface area contributed by atoms with Gasteiger partial charge in [0.15, 0.2) is 11.6 Å². The van der Waals surface area contributed by atoms with Crippen LogP contribution in [0.5, 0.6) is 0 Å². The van der Waals surface area contributed by atoms with Crippen molar-refractivity contribution < 1.29 is 32.4 Å². The molecule has 2 rings (SSSR count). The van der Waals surface area contributed by atoms with Crippen LogP contribution in [0.15, 0.2) is 22.8 Å². The summed E-state index contributed by atoms with van der Waals surface area (Å²) >= 11 is 0. The number of rotatable bonds is 4. The van der Waals surface area contributed by atoms with Crippen molar-refractivity contribution in [3.63, 3.8) is 0 Å². The van der Waals surface area contributed by atoms with E-state index >= 15 is 0 Å². The number of ether oxygens (including phenoxy) is 1. The van der Waals surface area contributed by atoms with Gasteiger partial charge in [-0.15, -0.1) is 0 Å². The predicted octanol–water partition coefficient (Wildman–Crippen LogP) is 3.34. The van der Waals surface area contributed by atoms with Crippen molar-refractivity contribution in [1.29, 1.82) is 0 Å². The number of hydrogen-bond acceptors (Lipinski definition) is 7. The highest BCUT2D eigenvalue weighted by Crippen LogP contribution is 2.58. The van der Waals surface area contributed by atoms with Crippen LogP contribution in [0, 0.1) is 0 Å². The Morgan fingerprint density at radius 3 is 2.42 bits per heavy atom. The lowest BCUT2D eigenvalue weighted by Gasteiger charge is -2.32. The van der Waals surface area contributed by atoms with Crippen LogP contribution in [0.3, 0.4) is 0 Å². The summed E-state index contributed by atoms with van der Waals surface area (Å²) in [6.07, 6.45) is 0.593. The van der Waals surface area contributed by atoms with Crippen LogP contribution >= 0.6 is 7.60 Å². The summed E-state index contributed by atoms with van der Waals surface area (Å²) in [6.45, 7) is 5.10. The fourth-order valence-corrected chi connectivity index (χ4v) is 4.15. The molecule has 0 spiro atoms. The van der Waals surface area contributed by atoms with Crippen molar-refractivity contribution >= 4 is 19.5 Å². The van der Waals surface area contributed by atoms with E-state index in [4.69, 9.17) is 18.2 Å². The molecule has 2 heterocycles. The van der Waals surface area contributed by atoms with Crippen molar-refractivity contribution in [2.45, 2.75) is 44.6 Å². The predicted molar refractivity (Wildman–Crippen MR) is 84.6 cm³/mol. The molecule has 0 saturated carbocycles. The smallest absolute Gasteiger partial charge is 0.412 e. The zero-order valence-electron chi connectivity index (χ0n) is 14.3. The quantitative estimate of drug-likeness (QED) is 0.761. The highest BCUT2D eigenvalue weighted by molar-refractivity contribution is 7.55. The first kappa shape index (κ1) is 18.7. The van der Waals surface area contributed by atoms with E-state index in [9.17, 15) is 14.2 Å². The lowest BCUT2D eigenvalue weighted by atomic mass is 10.1. The van der Waals surface area contributed by atoms with Gasteiger partial charge in [-0.2, -0.15) is 0 Å². The molecular formula is C15H22NO7P. The van der Waals surface area contributed by atoms with Gasteiger partial charge in [0.25, 0.3) is 0 Å². The first-order valence-electron chi connectivity index (χ1n) is 7.41. The van der Waals surface area contributed by atoms with Crippen molar-refractivity contribution in [1.82, 2.24) is 4.90 Å². The molecule has 2 atom stereocenters. The van der Waals surface area contributed by atoms with Crippen molar-refractivity contribution in [3.8, 4) is 0 Å². The number of hydrogen-bond donors (Lipinski definition) is 0. The first-order valence-corrected chi connectivity index (χ1v) is 9.03. The van der Waals surface area contributed by atoms with Gasteiger partial charge in [0, 0.05) is 20.6 Å². The summed E-state index contributed by atoms with van der Waals surface area (Å²) in [4.78, 5) is 26.3. The van der Waals surface area contributed by atoms with Gasteiger partial charge in [-0.25, -0.2) is 4.79 Å². The van der Waals surface area contributed by atoms with Gasteiger partial charge < -0.3 is 18.2 Å². The molecule has 2 unspecified atom stereocenters. The molecular weight excluding hydrogens is 337 g/mol. The summed E-state index contributed by atoms with van der Waals surface area (Å²) in [7, 11) is -1.52. The van der Waals surface area contributed by atoms with Crippen LogP contribution < -0.4 is 0 Å². The second kappa shape index (κ2) is 6.70. The fourth-order valence-electron chi connectivity index (χ4n) is 2.58. The summed E-state index contributed by atoms with van der Waals surface area (Å²) in [5.74, 6) is -1.41. The number of furan rings is 1. The van der Waals surface area contributed by atoms with Gasteiger partial charge in [0.05, 0.1) is 6.26 Å². The molecule has 1 saturated heterocycles. The van der Waals surface area contributed by atoms with Crippen molar-refractivity contribution in [3.05, 3.63) is 24.2 Å². The van der Waals surface area contributed by atoms with E-state index in [0.29, 0.717) is 5.76 Å². The van der Waals surface area contributed by atoms with Gasteiger partial charge in [-0.3, -0.25) is 14.3 Å². The van der Waals surface area contributed by atoms with E-state index in [0.717, 1.165) is 4.90 Å². The number of ketones is 1. The highest BCUT2D eigenvalue weighted by Gasteiger charge is 2.56. The minimum absolute atomic E-state index is 0.0614. The molecule has 1 aromatic heterocycles. The first-order chi connectivity index (χ1) is 11.1. The van der Waals surface area contributed by atoms with E-state index in [1.165, 1.54) is 20.5 Å². The van der Waals surface area contributed by atoms with Gasteiger partial charge in [-0.1, -0.05) is 0 Å². The Balaban J connectivity index is 2.46. The number of carbonyl (C=O) groups is 2.